The van der Waals surface area contributed by atoms with Crippen molar-refractivity contribution in [3.63, 3.8) is 0 Å². The van der Waals surface area contributed by atoms with Crippen LogP contribution in [0.25, 0.3) is 0 Å². The molecule has 3 unspecified atom stereocenters. The number of benzene rings is 1. The van der Waals surface area contributed by atoms with E-state index in [1.54, 1.807) is 12.0 Å². The van der Waals surface area contributed by atoms with Crippen molar-refractivity contribution in [3.8, 4) is 5.75 Å². The first kappa shape index (κ1) is 17.8. The number of amides is 2. The second-order valence-corrected chi connectivity index (χ2v) is 7.77. The SMILES string of the molecule is COc1ccc(C)cc1N1CC(C(=O)N2CC(C)CC(C)C2)CC1=O. The molecule has 3 atom stereocenters. The summed E-state index contributed by atoms with van der Waals surface area (Å²) in [4.78, 5) is 29.2. The van der Waals surface area contributed by atoms with E-state index in [-0.39, 0.29) is 24.2 Å². The summed E-state index contributed by atoms with van der Waals surface area (Å²) in [5.41, 5.74) is 1.83. The molecule has 2 saturated heterocycles. The number of piperidine rings is 1. The van der Waals surface area contributed by atoms with Crippen molar-refractivity contribution in [2.75, 3.05) is 31.6 Å². The van der Waals surface area contributed by atoms with E-state index >= 15 is 0 Å². The zero-order valence-electron chi connectivity index (χ0n) is 15.6. The Bertz CT molecular complexity index is 663. The predicted molar refractivity (Wildman–Crippen MR) is 97.7 cm³/mol. The molecule has 3 rings (SSSR count). The number of aryl methyl sites for hydroxylation is 1. The minimum atomic E-state index is -0.254. The van der Waals surface area contributed by atoms with Crippen molar-refractivity contribution in [2.24, 2.45) is 17.8 Å². The van der Waals surface area contributed by atoms with Crippen molar-refractivity contribution < 1.29 is 14.3 Å². The van der Waals surface area contributed by atoms with Crippen LogP contribution in [0.1, 0.15) is 32.3 Å². The number of anilines is 1. The second kappa shape index (κ2) is 7.06. The number of carbonyl (C=O) groups excluding carboxylic acids is 2. The Kier molecular flexibility index (Phi) is 5.02. The van der Waals surface area contributed by atoms with Crippen LogP contribution in [-0.2, 0) is 9.59 Å². The Balaban J connectivity index is 1.76. The molecule has 0 aliphatic carbocycles. The van der Waals surface area contributed by atoms with Gasteiger partial charge in [-0.05, 0) is 42.9 Å². The number of carbonyl (C=O) groups is 2. The first-order valence-electron chi connectivity index (χ1n) is 9.12. The molecule has 2 aliphatic rings. The molecule has 0 radical (unpaired) electrons. The molecule has 0 spiro atoms. The Labute approximate surface area is 149 Å². The Morgan fingerprint density at radius 1 is 1.16 bits per heavy atom. The summed E-state index contributed by atoms with van der Waals surface area (Å²) in [6.07, 6.45) is 1.45. The van der Waals surface area contributed by atoms with Gasteiger partial charge in [0.1, 0.15) is 5.75 Å². The van der Waals surface area contributed by atoms with Crippen molar-refractivity contribution in [1.29, 1.82) is 0 Å². The molecule has 5 heteroatoms. The van der Waals surface area contributed by atoms with E-state index in [4.69, 9.17) is 4.74 Å². The summed E-state index contributed by atoms with van der Waals surface area (Å²) in [5, 5.41) is 0. The molecule has 5 nitrogen and oxygen atoms in total. The monoisotopic (exact) mass is 344 g/mol. The van der Waals surface area contributed by atoms with Crippen LogP contribution < -0.4 is 9.64 Å². The van der Waals surface area contributed by atoms with Crippen LogP contribution in [0, 0.1) is 24.7 Å². The second-order valence-electron chi connectivity index (χ2n) is 7.77. The van der Waals surface area contributed by atoms with Crippen molar-refractivity contribution in [2.45, 2.75) is 33.6 Å². The third-order valence-electron chi connectivity index (χ3n) is 5.28. The van der Waals surface area contributed by atoms with Gasteiger partial charge in [0.2, 0.25) is 11.8 Å². The third-order valence-corrected chi connectivity index (χ3v) is 5.28. The van der Waals surface area contributed by atoms with E-state index in [9.17, 15) is 9.59 Å². The summed E-state index contributed by atoms with van der Waals surface area (Å²) in [7, 11) is 1.61. The molecule has 2 amide bonds. The summed E-state index contributed by atoms with van der Waals surface area (Å²) < 4.78 is 5.41. The topological polar surface area (TPSA) is 49.9 Å². The van der Waals surface area contributed by atoms with Crippen molar-refractivity contribution in [3.05, 3.63) is 23.8 Å². The smallest absolute Gasteiger partial charge is 0.228 e. The molecule has 1 aromatic rings. The minimum Gasteiger partial charge on any atom is -0.495 e. The lowest BCUT2D eigenvalue weighted by molar-refractivity contribution is -0.138. The lowest BCUT2D eigenvalue weighted by atomic mass is 9.91. The van der Waals surface area contributed by atoms with Gasteiger partial charge in [-0.1, -0.05) is 19.9 Å². The maximum absolute atomic E-state index is 13.0. The third kappa shape index (κ3) is 3.65. The quantitative estimate of drug-likeness (QED) is 0.847. The van der Waals surface area contributed by atoms with Crippen LogP contribution in [-0.4, -0.2) is 43.5 Å². The Hall–Kier alpha value is -2.04. The Morgan fingerprint density at radius 2 is 1.84 bits per heavy atom. The average molecular weight is 344 g/mol. The van der Waals surface area contributed by atoms with Crippen LogP contribution in [0.3, 0.4) is 0 Å². The molecule has 0 bridgehead atoms. The number of nitrogens with zero attached hydrogens (tertiary/aromatic N) is 2. The van der Waals surface area contributed by atoms with Crippen molar-refractivity contribution >= 4 is 17.5 Å². The van der Waals surface area contributed by atoms with Gasteiger partial charge in [-0.25, -0.2) is 0 Å². The molecule has 0 saturated carbocycles. The number of hydrogen-bond acceptors (Lipinski definition) is 3. The van der Waals surface area contributed by atoms with Crippen LogP contribution in [0.5, 0.6) is 5.75 Å². The fraction of sp³-hybridized carbons (Fsp3) is 0.600. The number of hydrogen-bond donors (Lipinski definition) is 0. The highest BCUT2D eigenvalue weighted by Gasteiger charge is 2.39. The highest BCUT2D eigenvalue weighted by atomic mass is 16.5. The highest BCUT2D eigenvalue weighted by Crippen LogP contribution is 2.35. The Morgan fingerprint density at radius 3 is 2.48 bits per heavy atom. The van der Waals surface area contributed by atoms with E-state index in [0.717, 1.165) is 24.3 Å². The van der Waals surface area contributed by atoms with Gasteiger partial charge >= 0.3 is 0 Å². The minimum absolute atomic E-state index is 0.000330. The van der Waals surface area contributed by atoms with E-state index < -0.39 is 0 Å². The van der Waals surface area contributed by atoms with Gasteiger partial charge in [0.05, 0.1) is 18.7 Å². The molecule has 2 fully saturated rings. The lowest BCUT2D eigenvalue weighted by Gasteiger charge is -2.36. The molecule has 136 valence electrons. The summed E-state index contributed by atoms with van der Waals surface area (Å²) >= 11 is 0. The fourth-order valence-electron chi connectivity index (χ4n) is 4.22. The predicted octanol–water partition coefficient (Wildman–Crippen LogP) is 2.86. The highest BCUT2D eigenvalue weighted by molar-refractivity contribution is 6.01. The van der Waals surface area contributed by atoms with E-state index in [1.807, 2.05) is 30.0 Å². The van der Waals surface area contributed by atoms with Crippen LogP contribution in [0.2, 0.25) is 0 Å². The molecule has 1 aromatic carbocycles. The first-order chi connectivity index (χ1) is 11.9. The zero-order chi connectivity index (χ0) is 18.1. The average Bonchev–Trinajstić information content (AvgIpc) is 2.95. The lowest BCUT2D eigenvalue weighted by Crippen LogP contribution is -2.45. The van der Waals surface area contributed by atoms with E-state index in [1.165, 1.54) is 6.42 Å². The molecular weight excluding hydrogens is 316 g/mol. The number of likely N-dealkylation sites (tertiary alicyclic amines) is 1. The van der Waals surface area contributed by atoms with Crippen LogP contribution in [0.15, 0.2) is 18.2 Å². The van der Waals surface area contributed by atoms with Crippen LogP contribution >= 0.6 is 0 Å². The van der Waals surface area contributed by atoms with Crippen LogP contribution in [0.4, 0.5) is 5.69 Å². The maximum atomic E-state index is 13.0. The van der Waals surface area contributed by atoms with Gasteiger partial charge in [0.15, 0.2) is 0 Å². The number of methoxy groups -OCH3 is 1. The van der Waals surface area contributed by atoms with Gasteiger partial charge in [0.25, 0.3) is 0 Å². The van der Waals surface area contributed by atoms with Gasteiger partial charge in [-0.15, -0.1) is 0 Å². The largest absolute Gasteiger partial charge is 0.495 e. The summed E-state index contributed by atoms with van der Waals surface area (Å²) in [6, 6.07) is 5.79. The first-order valence-corrected chi connectivity index (χ1v) is 9.12. The molecule has 2 aliphatic heterocycles. The van der Waals surface area contributed by atoms with E-state index in [2.05, 4.69) is 13.8 Å². The molecule has 0 N–H and O–H groups in total. The fourth-order valence-corrected chi connectivity index (χ4v) is 4.22. The molecular formula is C20H28N2O3. The van der Waals surface area contributed by atoms with Gasteiger partial charge in [-0.2, -0.15) is 0 Å². The molecule has 0 aromatic heterocycles. The molecule has 25 heavy (non-hydrogen) atoms. The summed E-state index contributed by atoms with van der Waals surface area (Å²) in [5.74, 6) is 1.60. The maximum Gasteiger partial charge on any atom is 0.228 e. The van der Waals surface area contributed by atoms with E-state index in [0.29, 0.717) is 24.1 Å². The summed E-state index contributed by atoms with van der Waals surface area (Å²) in [6.45, 7) is 8.43. The number of rotatable bonds is 3. The van der Waals surface area contributed by atoms with Crippen molar-refractivity contribution in [1.82, 2.24) is 4.90 Å². The zero-order valence-corrected chi connectivity index (χ0v) is 15.6. The normalized spacial score (nSPS) is 26.9. The van der Waals surface area contributed by atoms with Gasteiger partial charge in [-0.3, -0.25) is 9.59 Å². The standard InChI is InChI=1S/C20H28N2O3/c1-13-5-6-18(25-4)17(8-13)22-12-16(9-19(22)23)20(24)21-10-14(2)7-15(3)11-21/h5-6,8,14-16H,7,9-12H2,1-4H3. The molecule has 2 heterocycles. The van der Waals surface area contributed by atoms with Gasteiger partial charge < -0.3 is 14.5 Å². The number of ether oxygens (including phenoxy) is 1. The van der Waals surface area contributed by atoms with Gasteiger partial charge in [0, 0.05) is 26.1 Å².